The molecule has 0 aliphatic heterocycles. The van der Waals surface area contributed by atoms with Crippen molar-refractivity contribution in [1.29, 1.82) is 0 Å². The highest BCUT2D eigenvalue weighted by Gasteiger charge is 2.59. The van der Waals surface area contributed by atoms with Crippen LogP contribution in [0.5, 0.6) is 5.75 Å². The van der Waals surface area contributed by atoms with Crippen molar-refractivity contribution in [3.63, 3.8) is 0 Å². The smallest absolute Gasteiger partial charge is 0.140 e. The molecule has 3 aliphatic carbocycles. The lowest BCUT2D eigenvalue weighted by molar-refractivity contribution is -0.128. The fourth-order valence-corrected chi connectivity index (χ4v) is 7.40. The lowest BCUT2D eigenvalue weighted by Crippen LogP contribution is -2.43. The molecule has 3 nitrogen and oxygen atoms in total. The lowest BCUT2D eigenvalue weighted by atomic mass is 9.61. The van der Waals surface area contributed by atoms with E-state index in [-0.39, 0.29) is 11.8 Å². The Morgan fingerprint density at radius 2 is 1.81 bits per heavy atom. The van der Waals surface area contributed by atoms with Gasteiger partial charge in [0.15, 0.2) is 0 Å². The van der Waals surface area contributed by atoms with Crippen molar-refractivity contribution in [3.8, 4) is 5.75 Å². The number of ether oxygens (including phenoxy) is 1. The Kier molecular flexibility index (Phi) is 6.51. The first-order chi connectivity index (χ1) is 17.5. The second-order valence-corrected chi connectivity index (χ2v) is 11.8. The molecule has 2 fully saturated rings. The zero-order valence-corrected chi connectivity index (χ0v) is 22.7. The molecule has 3 aliphatic rings. The predicted molar refractivity (Wildman–Crippen MR) is 147 cm³/mol. The number of hydrogen-bond donors (Lipinski definition) is 1. The van der Waals surface area contributed by atoms with Crippen LogP contribution in [-0.2, 0) is 24.4 Å². The minimum atomic E-state index is 0.111. The number of ketones is 1. The molecule has 4 unspecified atom stereocenters. The molecule has 2 saturated carbocycles. The first-order valence-corrected chi connectivity index (χ1v) is 14.1. The molecular formula is C32H34BrNO2. The van der Waals surface area contributed by atoms with Gasteiger partial charge in [-0.25, -0.2) is 0 Å². The quantitative estimate of drug-likeness (QED) is 0.351. The van der Waals surface area contributed by atoms with E-state index in [1.165, 1.54) is 27.8 Å². The topological polar surface area (TPSA) is 38.3 Å². The number of Topliss-reactive ketones (excluding diaryl/α,β-unsaturated/α-hetero) is 1. The maximum Gasteiger partial charge on any atom is 0.140 e. The highest BCUT2D eigenvalue weighted by molar-refractivity contribution is 9.10. The molecule has 1 N–H and O–H groups in total. The van der Waals surface area contributed by atoms with Gasteiger partial charge < -0.3 is 10.1 Å². The minimum absolute atomic E-state index is 0.111. The van der Waals surface area contributed by atoms with Crippen LogP contribution in [0.1, 0.15) is 52.1 Å². The van der Waals surface area contributed by atoms with Gasteiger partial charge >= 0.3 is 0 Å². The molecule has 186 valence electrons. The summed E-state index contributed by atoms with van der Waals surface area (Å²) < 4.78 is 7.51. The summed E-state index contributed by atoms with van der Waals surface area (Å²) in [6.45, 7) is 6.63. The van der Waals surface area contributed by atoms with Gasteiger partial charge in [-0.05, 0) is 90.8 Å². The van der Waals surface area contributed by atoms with Gasteiger partial charge in [-0.1, -0.05) is 64.5 Å². The number of rotatable bonds is 7. The van der Waals surface area contributed by atoms with E-state index >= 15 is 0 Å². The van der Waals surface area contributed by atoms with Crippen molar-refractivity contribution in [1.82, 2.24) is 5.32 Å². The van der Waals surface area contributed by atoms with E-state index in [0.717, 1.165) is 48.1 Å². The number of carbonyl (C=O) groups excluding carboxylic acids is 1. The second kappa shape index (κ2) is 9.79. The minimum Gasteiger partial charge on any atom is -0.489 e. The maximum atomic E-state index is 13.4. The molecule has 3 aromatic rings. The van der Waals surface area contributed by atoms with Crippen LogP contribution in [0.15, 0.2) is 65.1 Å². The Balaban J connectivity index is 1.26. The number of benzene rings is 3. The summed E-state index contributed by atoms with van der Waals surface area (Å²) in [6.07, 6.45) is 3.24. The third-order valence-corrected chi connectivity index (χ3v) is 9.64. The molecule has 0 aromatic heterocycles. The zero-order chi connectivity index (χ0) is 24.8. The van der Waals surface area contributed by atoms with Crippen LogP contribution in [0.3, 0.4) is 0 Å². The summed E-state index contributed by atoms with van der Waals surface area (Å²) in [5.41, 5.74) is 8.06. The van der Waals surface area contributed by atoms with E-state index in [4.69, 9.17) is 4.74 Å². The van der Waals surface area contributed by atoms with Crippen molar-refractivity contribution in [2.75, 3.05) is 6.54 Å². The van der Waals surface area contributed by atoms with Gasteiger partial charge in [-0.2, -0.15) is 0 Å². The molecule has 0 radical (unpaired) electrons. The molecule has 0 bridgehead atoms. The van der Waals surface area contributed by atoms with Crippen LogP contribution in [0, 0.1) is 37.5 Å². The number of carbonyl (C=O) groups is 1. The van der Waals surface area contributed by atoms with E-state index in [1.54, 1.807) is 0 Å². The lowest BCUT2D eigenvalue weighted by Gasteiger charge is -2.43. The van der Waals surface area contributed by atoms with Crippen molar-refractivity contribution < 1.29 is 9.53 Å². The van der Waals surface area contributed by atoms with Crippen LogP contribution in [0.25, 0.3) is 0 Å². The summed E-state index contributed by atoms with van der Waals surface area (Å²) >= 11 is 3.65. The molecule has 5 atom stereocenters. The van der Waals surface area contributed by atoms with Gasteiger partial charge in [0.2, 0.25) is 0 Å². The molecular weight excluding hydrogens is 510 g/mol. The van der Waals surface area contributed by atoms with Crippen LogP contribution in [0.4, 0.5) is 0 Å². The Bertz CT molecular complexity index is 1290. The maximum absolute atomic E-state index is 13.4. The van der Waals surface area contributed by atoms with E-state index in [9.17, 15) is 4.79 Å². The Labute approximate surface area is 222 Å². The van der Waals surface area contributed by atoms with Crippen molar-refractivity contribution in [3.05, 3.63) is 98.5 Å². The standard InChI is InChI=1S/C32H34BrNO2/c1-19-14-29(36-18-22-10-6-7-11-28(22)33)20(2)30-23(19)12-13-24-27(32(35)26-15-25(26)31(24)30)17-34-16-21-8-4-3-5-9-21/h3-11,14,24-27,31,34H,12-13,15-18H2,1-2H3/t24-,25?,26?,27?,31?/m0/s1. The van der Waals surface area contributed by atoms with Gasteiger partial charge in [-0.15, -0.1) is 0 Å². The highest BCUT2D eigenvalue weighted by atomic mass is 79.9. The van der Waals surface area contributed by atoms with Crippen molar-refractivity contribution in [2.45, 2.75) is 52.2 Å². The fraction of sp³-hybridized carbons (Fsp3) is 0.406. The summed E-state index contributed by atoms with van der Waals surface area (Å²) in [6, 6.07) is 21.0. The molecule has 0 heterocycles. The third-order valence-electron chi connectivity index (χ3n) is 8.87. The summed E-state index contributed by atoms with van der Waals surface area (Å²) in [4.78, 5) is 13.4. The number of hydrogen-bond acceptors (Lipinski definition) is 3. The average molecular weight is 545 g/mol. The first kappa shape index (κ1) is 23.9. The Morgan fingerprint density at radius 3 is 2.61 bits per heavy atom. The van der Waals surface area contributed by atoms with E-state index in [1.807, 2.05) is 12.1 Å². The Hall–Kier alpha value is -2.43. The fourth-order valence-electron chi connectivity index (χ4n) is 7.00. The summed E-state index contributed by atoms with van der Waals surface area (Å²) in [5, 5.41) is 3.63. The predicted octanol–water partition coefficient (Wildman–Crippen LogP) is 6.92. The first-order valence-electron chi connectivity index (χ1n) is 13.3. The largest absolute Gasteiger partial charge is 0.489 e. The van der Waals surface area contributed by atoms with E-state index in [0.29, 0.717) is 30.1 Å². The zero-order valence-electron chi connectivity index (χ0n) is 21.1. The van der Waals surface area contributed by atoms with E-state index in [2.05, 4.69) is 83.6 Å². The average Bonchev–Trinajstić information content (AvgIpc) is 3.69. The van der Waals surface area contributed by atoms with Crippen LogP contribution < -0.4 is 10.1 Å². The SMILES string of the molecule is Cc1cc(OCc2ccccc2Br)c(C)c2c1CC[C@H]1C(CNCc3ccccc3)C(=O)C3CC3C21. The summed E-state index contributed by atoms with van der Waals surface area (Å²) in [7, 11) is 0. The van der Waals surface area contributed by atoms with Gasteiger partial charge in [0.1, 0.15) is 18.1 Å². The molecule has 6 rings (SSSR count). The number of aryl methyl sites for hydroxylation is 1. The second-order valence-electron chi connectivity index (χ2n) is 10.9. The molecule has 3 aromatic carbocycles. The molecule has 0 saturated heterocycles. The van der Waals surface area contributed by atoms with Crippen LogP contribution in [-0.4, -0.2) is 12.3 Å². The monoisotopic (exact) mass is 543 g/mol. The van der Waals surface area contributed by atoms with E-state index < -0.39 is 0 Å². The van der Waals surface area contributed by atoms with Crippen molar-refractivity contribution in [2.24, 2.45) is 23.7 Å². The van der Waals surface area contributed by atoms with Crippen LogP contribution >= 0.6 is 15.9 Å². The normalized spacial score (nSPS) is 26.1. The number of fused-ring (bicyclic) bond motifs is 5. The number of nitrogens with one attached hydrogen (secondary N) is 1. The van der Waals surface area contributed by atoms with Gasteiger partial charge in [0.25, 0.3) is 0 Å². The van der Waals surface area contributed by atoms with Crippen LogP contribution in [0.2, 0.25) is 0 Å². The third kappa shape index (κ3) is 4.33. The highest BCUT2D eigenvalue weighted by Crippen LogP contribution is 2.62. The number of halogens is 1. The summed E-state index contributed by atoms with van der Waals surface area (Å²) in [5.74, 6) is 3.30. The molecule has 4 heteroatoms. The molecule has 0 spiro atoms. The molecule has 36 heavy (non-hydrogen) atoms. The van der Waals surface area contributed by atoms with Gasteiger partial charge in [0, 0.05) is 35.0 Å². The molecule has 0 amide bonds. The van der Waals surface area contributed by atoms with Gasteiger partial charge in [-0.3, -0.25) is 4.79 Å². The van der Waals surface area contributed by atoms with Crippen molar-refractivity contribution >= 4 is 21.7 Å². The van der Waals surface area contributed by atoms with Gasteiger partial charge in [0.05, 0.1) is 0 Å². The Morgan fingerprint density at radius 1 is 1.03 bits per heavy atom.